The fourth-order valence-electron chi connectivity index (χ4n) is 2.30. The summed E-state index contributed by atoms with van der Waals surface area (Å²) in [5.74, 6) is 0.705. The first-order chi connectivity index (χ1) is 8.00. The minimum atomic E-state index is -2.85. The summed E-state index contributed by atoms with van der Waals surface area (Å²) in [6, 6.07) is 2.04. The Kier molecular flexibility index (Phi) is 4.28. The van der Waals surface area contributed by atoms with Crippen molar-refractivity contribution in [2.24, 2.45) is 11.8 Å². The number of aliphatic hydroxyl groups is 1. The number of aliphatic hydroxyl groups excluding tert-OH is 1. The summed E-state index contributed by atoms with van der Waals surface area (Å²) in [4.78, 5) is 1.19. The van der Waals surface area contributed by atoms with Crippen molar-refractivity contribution in [1.29, 1.82) is 0 Å². The number of hydrogen-bond donors (Lipinski definition) is 1. The van der Waals surface area contributed by atoms with Crippen LogP contribution in [0.15, 0.2) is 15.9 Å². The molecule has 0 spiro atoms. The highest BCUT2D eigenvalue weighted by Gasteiger charge is 2.33. The second-order valence-corrected chi connectivity index (χ2v) is 8.68. The molecule has 0 aliphatic carbocycles. The van der Waals surface area contributed by atoms with Gasteiger partial charge in [0.05, 0.1) is 11.5 Å². The van der Waals surface area contributed by atoms with Crippen molar-refractivity contribution in [3.05, 3.63) is 20.8 Å². The van der Waals surface area contributed by atoms with Gasteiger partial charge in [-0.2, -0.15) is 0 Å². The smallest absolute Gasteiger partial charge is 0.150 e. The molecule has 2 atom stereocenters. The van der Waals surface area contributed by atoms with Crippen molar-refractivity contribution < 1.29 is 13.5 Å². The molecule has 1 saturated heterocycles. The molecule has 1 aliphatic rings. The molecule has 2 unspecified atom stereocenters. The second-order valence-electron chi connectivity index (χ2n) is 4.54. The first kappa shape index (κ1) is 13.5. The lowest BCUT2D eigenvalue weighted by molar-refractivity contribution is 0.184. The SMILES string of the molecule is O=S1(=O)CCC(C(CO)Cc2cc(Br)cs2)C1. The van der Waals surface area contributed by atoms with Gasteiger partial charge in [-0.25, -0.2) is 8.42 Å². The van der Waals surface area contributed by atoms with E-state index >= 15 is 0 Å². The van der Waals surface area contributed by atoms with Crippen molar-refractivity contribution in [3.8, 4) is 0 Å². The van der Waals surface area contributed by atoms with Crippen LogP contribution in [0.2, 0.25) is 0 Å². The fraction of sp³-hybridized carbons (Fsp3) is 0.636. The van der Waals surface area contributed by atoms with Gasteiger partial charge in [-0.3, -0.25) is 0 Å². The molecule has 6 heteroatoms. The molecular formula is C11H15BrO3S2. The highest BCUT2D eigenvalue weighted by molar-refractivity contribution is 9.10. The Bertz CT molecular complexity index is 481. The van der Waals surface area contributed by atoms with Gasteiger partial charge < -0.3 is 5.11 Å². The molecule has 96 valence electrons. The minimum absolute atomic E-state index is 0.0652. The highest BCUT2D eigenvalue weighted by Crippen LogP contribution is 2.30. The van der Waals surface area contributed by atoms with E-state index in [1.165, 1.54) is 4.88 Å². The van der Waals surface area contributed by atoms with E-state index in [1.807, 2.05) is 11.4 Å². The number of halogens is 1. The predicted octanol–water partition coefficient (Wildman–Crippen LogP) is 2.10. The first-order valence-electron chi connectivity index (χ1n) is 5.54. The third kappa shape index (κ3) is 3.53. The summed E-state index contributed by atoms with van der Waals surface area (Å²) in [7, 11) is -2.85. The molecule has 1 fully saturated rings. The molecule has 0 radical (unpaired) electrons. The molecular weight excluding hydrogens is 324 g/mol. The van der Waals surface area contributed by atoms with Crippen LogP contribution in [0, 0.1) is 11.8 Å². The molecule has 1 aromatic rings. The average molecular weight is 339 g/mol. The molecule has 3 nitrogen and oxygen atoms in total. The quantitative estimate of drug-likeness (QED) is 0.914. The zero-order valence-corrected chi connectivity index (χ0v) is 12.5. The largest absolute Gasteiger partial charge is 0.396 e. The summed E-state index contributed by atoms with van der Waals surface area (Å²) in [5.41, 5.74) is 0. The average Bonchev–Trinajstić information content (AvgIpc) is 2.81. The third-order valence-corrected chi connectivity index (χ3v) is 6.77. The van der Waals surface area contributed by atoms with Gasteiger partial charge in [-0.05, 0) is 46.7 Å². The highest BCUT2D eigenvalue weighted by atomic mass is 79.9. The lowest BCUT2D eigenvalue weighted by atomic mass is 9.89. The van der Waals surface area contributed by atoms with Crippen molar-refractivity contribution in [2.45, 2.75) is 12.8 Å². The van der Waals surface area contributed by atoms with E-state index < -0.39 is 9.84 Å². The van der Waals surface area contributed by atoms with Crippen LogP contribution in [-0.2, 0) is 16.3 Å². The van der Waals surface area contributed by atoms with E-state index in [1.54, 1.807) is 11.3 Å². The van der Waals surface area contributed by atoms with Crippen LogP contribution >= 0.6 is 27.3 Å². The number of thiophene rings is 1. The Labute approximate surface area is 114 Å². The van der Waals surface area contributed by atoms with Crippen molar-refractivity contribution in [2.75, 3.05) is 18.1 Å². The first-order valence-corrected chi connectivity index (χ1v) is 9.04. The van der Waals surface area contributed by atoms with Crippen molar-refractivity contribution in [1.82, 2.24) is 0 Å². The van der Waals surface area contributed by atoms with Crippen LogP contribution in [0.3, 0.4) is 0 Å². The van der Waals surface area contributed by atoms with E-state index in [2.05, 4.69) is 15.9 Å². The Balaban J connectivity index is 2.02. The summed E-state index contributed by atoms with van der Waals surface area (Å²) in [6.45, 7) is 0.0652. The van der Waals surface area contributed by atoms with Gasteiger partial charge in [0.2, 0.25) is 0 Å². The van der Waals surface area contributed by atoms with Crippen LogP contribution in [0.1, 0.15) is 11.3 Å². The third-order valence-electron chi connectivity index (χ3n) is 3.25. The van der Waals surface area contributed by atoms with E-state index in [9.17, 15) is 13.5 Å². The van der Waals surface area contributed by atoms with Gasteiger partial charge in [-0.15, -0.1) is 11.3 Å². The van der Waals surface area contributed by atoms with Crippen LogP contribution in [-0.4, -0.2) is 31.6 Å². The Morgan fingerprint density at radius 2 is 2.35 bits per heavy atom. The van der Waals surface area contributed by atoms with Gasteiger partial charge in [0.15, 0.2) is 9.84 Å². The lowest BCUT2D eigenvalue weighted by Crippen LogP contribution is -2.21. The van der Waals surface area contributed by atoms with Gasteiger partial charge in [0.1, 0.15) is 0 Å². The zero-order chi connectivity index (χ0) is 12.5. The Hall–Kier alpha value is 0.0900. The van der Waals surface area contributed by atoms with Crippen LogP contribution in [0.4, 0.5) is 0 Å². The number of rotatable bonds is 4. The van der Waals surface area contributed by atoms with Crippen LogP contribution in [0.25, 0.3) is 0 Å². The van der Waals surface area contributed by atoms with Crippen molar-refractivity contribution >= 4 is 37.1 Å². The predicted molar refractivity (Wildman–Crippen MR) is 73.1 cm³/mol. The van der Waals surface area contributed by atoms with Crippen LogP contribution < -0.4 is 0 Å². The normalized spacial score (nSPS) is 24.9. The molecule has 2 rings (SSSR count). The summed E-state index contributed by atoms with van der Waals surface area (Å²) in [6.07, 6.45) is 1.47. The molecule has 2 heterocycles. The van der Waals surface area contributed by atoms with Crippen molar-refractivity contribution in [3.63, 3.8) is 0 Å². The maximum atomic E-state index is 11.4. The number of hydrogen-bond acceptors (Lipinski definition) is 4. The number of sulfone groups is 1. The van der Waals surface area contributed by atoms with E-state index in [0.717, 1.165) is 10.9 Å². The Morgan fingerprint density at radius 1 is 1.59 bits per heavy atom. The minimum Gasteiger partial charge on any atom is -0.396 e. The molecule has 1 aliphatic heterocycles. The topological polar surface area (TPSA) is 54.4 Å². The summed E-state index contributed by atoms with van der Waals surface area (Å²) >= 11 is 5.04. The monoisotopic (exact) mass is 338 g/mol. The molecule has 1 N–H and O–H groups in total. The molecule has 0 bridgehead atoms. The van der Waals surface area contributed by atoms with E-state index in [-0.39, 0.29) is 29.9 Å². The van der Waals surface area contributed by atoms with Gasteiger partial charge >= 0.3 is 0 Å². The molecule has 1 aromatic heterocycles. The molecule has 0 amide bonds. The maximum absolute atomic E-state index is 11.4. The summed E-state index contributed by atoms with van der Waals surface area (Å²) < 4.78 is 23.9. The fourth-order valence-corrected chi connectivity index (χ4v) is 5.76. The van der Waals surface area contributed by atoms with Crippen LogP contribution in [0.5, 0.6) is 0 Å². The maximum Gasteiger partial charge on any atom is 0.150 e. The standard InChI is InChI=1S/C11H15BrO3S2/c12-10-4-11(16-6-10)3-9(5-13)8-1-2-17(14,15)7-8/h4,6,8-9,13H,1-3,5,7H2. The van der Waals surface area contributed by atoms with Gasteiger partial charge in [0, 0.05) is 21.3 Å². The van der Waals surface area contributed by atoms with Gasteiger partial charge in [-0.1, -0.05) is 0 Å². The van der Waals surface area contributed by atoms with E-state index in [4.69, 9.17) is 0 Å². The second kappa shape index (κ2) is 5.38. The molecule has 0 aromatic carbocycles. The zero-order valence-electron chi connectivity index (χ0n) is 9.30. The lowest BCUT2D eigenvalue weighted by Gasteiger charge is -2.19. The summed E-state index contributed by atoms with van der Waals surface area (Å²) in [5, 5.41) is 11.4. The van der Waals surface area contributed by atoms with E-state index in [0.29, 0.717) is 6.42 Å². The molecule has 0 saturated carbocycles. The van der Waals surface area contributed by atoms with Gasteiger partial charge in [0.25, 0.3) is 0 Å². The Morgan fingerprint density at radius 3 is 2.82 bits per heavy atom. The molecule has 17 heavy (non-hydrogen) atoms.